The molecular formula is C24H17N3O7. The van der Waals surface area contributed by atoms with Crippen LogP contribution in [0.15, 0.2) is 66.7 Å². The number of fused-ring (bicyclic) bond motifs is 1. The average molecular weight is 459 g/mol. The standard InChI is InChI=1S/C24H17N3O7/c28-23(12-9-13(26(31)32)11-14(10-12)27(33)34)25-22-20-17-7-3-1-5-15(17)19(21(22)24(29)30)16-6-2-4-8-18(16)20/h1-11,19-22H,(H,25,28)(H,29,30). The van der Waals surface area contributed by atoms with Crippen LogP contribution in [0.5, 0.6) is 0 Å². The van der Waals surface area contributed by atoms with Crippen LogP contribution >= 0.6 is 0 Å². The van der Waals surface area contributed by atoms with E-state index in [4.69, 9.17) is 0 Å². The summed E-state index contributed by atoms with van der Waals surface area (Å²) in [6.07, 6.45) is 0. The van der Waals surface area contributed by atoms with Gasteiger partial charge in [0.15, 0.2) is 0 Å². The van der Waals surface area contributed by atoms with Crippen molar-refractivity contribution < 1.29 is 24.5 Å². The number of hydrogen-bond acceptors (Lipinski definition) is 6. The van der Waals surface area contributed by atoms with Crippen molar-refractivity contribution in [3.05, 3.63) is 115 Å². The number of carbonyl (C=O) groups excluding carboxylic acids is 1. The van der Waals surface area contributed by atoms with E-state index >= 15 is 0 Å². The Labute approximate surface area is 192 Å². The number of hydrogen-bond donors (Lipinski definition) is 2. The van der Waals surface area contributed by atoms with E-state index in [2.05, 4.69) is 5.32 Å². The predicted molar refractivity (Wildman–Crippen MR) is 119 cm³/mol. The number of amides is 1. The molecule has 0 heterocycles. The van der Waals surface area contributed by atoms with Crippen molar-refractivity contribution >= 4 is 23.3 Å². The molecule has 10 nitrogen and oxygen atoms in total. The van der Waals surface area contributed by atoms with Gasteiger partial charge in [-0.2, -0.15) is 0 Å². The molecule has 0 radical (unpaired) electrons. The van der Waals surface area contributed by atoms with Gasteiger partial charge in [0, 0.05) is 24.0 Å². The zero-order chi connectivity index (χ0) is 24.1. The molecular weight excluding hydrogens is 442 g/mol. The van der Waals surface area contributed by atoms with Crippen LogP contribution in [0.2, 0.25) is 0 Å². The molecule has 6 rings (SSSR count). The highest BCUT2D eigenvalue weighted by Crippen LogP contribution is 2.55. The van der Waals surface area contributed by atoms with E-state index in [1.165, 1.54) is 0 Å². The van der Waals surface area contributed by atoms with Crippen LogP contribution in [0.4, 0.5) is 11.4 Å². The fourth-order valence-electron chi connectivity index (χ4n) is 5.32. The zero-order valence-electron chi connectivity index (χ0n) is 17.5. The molecule has 170 valence electrons. The summed E-state index contributed by atoms with van der Waals surface area (Å²) in [5.41, 5.74) is 2.08. The lowest BCUT2D eigenvalue weighted by atomic mass is 9.56. The maximum Gasteiger partial charge on any atom is 0.309 e. The molecule has 0 saturated heterocycles. The summed E-state index contributed by atoms with van der Waals surface area (Å²) >= 11 is 0. The van der Waals surface area contributed by atoms with Crippen LogP contribution in [-0.4, -0.2) is 32.9 Å². The molecule has 2 atom stereocenters. The summed E-state index contributed by atoms with van der Waals surface area (Å²) in [4.78, 5) is 46.5. The van der Waals surface area contributed by atoms with Gasteiger partial charge < -0.3 is 10.4 Å². The van der Waals surface area contributed by atoms with Gasteiger partial charge in [-0.05, 0) is 22.3 Å². The first-order chi connectivity index (χ1) is 16.3. The fourth-order valence-corrected chi connectivity index (χ4v) is 5.32. The molecule has 0 spiro atoms. The number of nitro benzene ring substituents is 2. The first-order valence-electron chi connectivity index (χ1n) is 10.4. The van der Waals surface area contributed by atoms with Gasteiger partial charge in [-0.25, -0.2) is 0 Å². The third kappa shape index (κ3) is 3.19. The predicted octanol–water partition coefficient (Wildman–Crippen LogP) is 3.59. The summed E-state index contributed by atoms with van der Waals surface area (Å²) in [5.74, 6) is -3.86. The number of nitrogens with one attached hydrogen (secondary N) is 1. The number of nitrogens with zero attached hydrogens (tertiary/aromatic N) is 2. The first-order valence-corrected chi connectivity index (χ1v) is 10.4. The minimum absolute atomic E-state index is 0.284. The lowest BCUT2D eigenvalue weighted by Gasteiger charge is -2.49. The van der Waals surface area contributed by atoms with Gasteiger partial charge in [0.25, 0.3) is 17.3 Å². The molecule has 0 aliphatic heterocycles. The summed E-state index contributed by atoms with van der Waals surface area (Å²) < 4.78 is 0. The third-order valence-corrected chi connectivity index (χ3v) is 6.61. The Kier molecular flexibility index (Phi) is 4.85. The number of aliphatic carboxylic acids is 1. The molecule has 3 aliphatic carbocycles. The van der Waals surface area contributed by atoms with Gasteiger partial charge in [-0.15, -0.1) is 0 Å². The SMILES string of the molecule is O=C(NC1C2c3ccccc3C(c3ccccc32)C1C(=O)O)c1cc([N+](=O)[O-])cc([N+](=O)[O-])c1. The maximum absolute atomic E-state index is 13.2. The lowest BCUT2D eigenvalue weighted by molar-refractivity contribution is -0.394. The van der Waals surface area contributed by atoms with Crippen molar-refractivity contribution in [1.82, 2.24) is 5.32 Å². The fraction of sp³-hybridized carbons (Fsp3) is 0.167. The quantitative estimate of drug-likeness (QED) is 0.437. The Bertz CT molecular complexity index is 1310. The first kappa shape index (κ1) is 21.3. The Morgan fingerprint density at radius 2 is 1.21 bits per heavy atom. The molecule has 1 amide bonds. The van der Waals surface area contributed by atoms with Gasteiger partial charge in [0.2, 0.25) is 0 Å². The van der Waals surface area contributed by atoms with E-state index in [1.807, 2.05) is 48.5 Å². The van der Waals surface area contributed by atoms with Gasteiger partial charge in [0.1, 0.15) is 0 Å². The minimum atomic E-state index is -1.09. The largest absolute Gasteiger partial charge is 0.481 e. The van der Waals surface area contributed by atoms with Gasteiger partial charge >= 0.3 is 5.97 Å². The normalized spacial score (nSPS) is 21.8. The molecule has 0 fully saturated rings. The van der Waals surface area contributed by atoms with E-state index in [0.717, 1.165) is 40.5 Å². The molecule has 0 aromatic heterocycles. The Morgan fingerprint density at radius 3 is 1.62 bits per heavy atom. The van der Waals surface area contributed by atoms with Crippen molar-refractivity contribution in [3.63, 3.8) is 0 Å². The zero-order valence-corrected chi connectivity index (χ0v) is 17.5. The topological polar surface area (TPSA) is 153 Å². The molecule has 2 N–H and O–H groups in total. The molecule has 0 saturated carbocycles. The maximum atomic E-state index is 13.2. The van der Waals surface area contributed by atoms with Gasteiger partial charge in [-0.1, -0.05) is 48.5 Å². The molecule has 2 unspecified atom stereocenters. The van der Waals surface area contributed by atoms with Crippen molar-refractivity contribution in [2.75, 3.05) is 0 Å². The third-order valence-electron chi connectivity index (χ3n) is 6.61. The number of benzene rings is 3. The van der Waals surface area contributed by atoms with Crippen molar-refractivity contribution in [2.45, 2.75) is 17.9 Å². The number of carboxylic acids is 1. The second kappa shape index (κ2) is 7.77. The second-order valence-electron chi connectivity index (χ2n) is 8.33. The van der Waals surface area contributed by atoms with E-state index in [-0.39, 0.29) is 5.56 Å². The summed E-state index contributed by atoms with van der Waals surface area (Å²) in [5, 5.41) is 35.4. The van der Waals surface area contributed by atoms with E-state index in [9.17, 15) is 34.9 Å². The van der Waals surface area contributed by atoms with E-state index in [0.29, 0.717) is 0 Å². The minimum Gasteiger partial charge on any atom is -0.481 e. The summed E-state index contributed by atoms with van der Waals surface area (Å²) in [7, 11) is 0. The van der Waals surface area contributed by atoms with E-state index in [1.54, 1.807) is 0 Å². The van der Waals surface area contributed by atoms with E-state index < -0.39 is 56.9 Å². The molecule has 3 aromatic rings. The number of rotatable bonds is 5. The lowest BCUT2D eigenvalue weighted by Crippen LogP contribution is -2.55. The number of carbonyl (C=O) groups is 2. The van der Waals surface area contributed by atoms with Gasteiger partial charge in [-0.3, -0.25) is 29.8 Å². The monoisotopic (exact) mass is 459 g/mol. The molecule has 2 bridgehead atoms. The van der Waals surface area contributed by atoms with Crippen LogP contribution in [-0.2, 0) is 4.79 Å². The smallest absolute Gasteiger partial charge is 0.309 e. The average Bonchev–Trinajstić information content (AvgIpc) is 2.83. The molecule has 10 heteroatoms. The summed E-state index contributed by atoms with van der Waals surface area (Å²) in [6.45, 7) is 0. The van der Waals surface area contributed by atoms with Gasteiger partial charge in [0.05, 0.1) is 33.4 Å². The molecule has 3 aliphatic rings. The highest BCUT2D eigenvalue weighted by Gasteiger charge is 2.53. The highest BCUT2D eigenvalue weighted by atomic mass is 16.6. The molecule has 34 heavy (non-hydrogen) atoms. The van der Waals surface area contributed by atoms with Crippen LogP contribution in [0, 0.1) is 26.1 Å². The number of non-ortho nitro benzene ring substituents is 2. The van der Waals surface area contributed by atoms with Crippen molar-refractivity contribution in [1.29, 1.82) is 0 Å². The highest BCUT2D eigenvalue weighted by molar-refractivity contribution is 5.96. The van der Waals surface area contributed by atoms with Crippen LogP contribution in [0.25, 0.3) is 0 Å². The Balaban J connectivity index is 1.61. The Morgan fingerprint density at radius 1 is 0.765 bits per heavy atom. The molecule has 3 aromatic carbocycles. The van der Waals surface area contributed by atoms with Crippen molar-refractivity contribution in [3.8, 4) is 0 Å². The van der Waals surface area contributed by atoms with Crippen LogP contribution < -0.4 is 5.32 Å². The van der Waals surface area contributed by atoms with Crippen LogP contribution in [0.3, 0.4) is 0 Å². The Hall–Kier alpha value is -4.60. The number of nitro groups is 2. The van der Waals surface area contributed by atoms with Crippen molar-refractivity contribution in [2.24, 2.45) is 5.92 Å². The second-order valence-corrected chi connectivity index (χ2v) is 8.33. The number of carboxylic acid groups (broad SMARTS) is 1. The summed E-state index contributed by atoms with van der Waals surface area (Å²) in [6, 6.07) is 16.8. The van der Waals surface area contributed by atoms with Crippen LogP contribution in [0.1, 0.15) is 44.4 Å².